The summed E-state index contributed by atoms with van der Waals surface area (Å²) in [7, 11) is 5.10. The molecule has 0 amide bonds. The lowest BCUT2D eigenvalue weighted by atomic mass is 9.87. The van der Waals surface area contributed by atoms with Gasteiger partial charge in [0.1, 0.15) is 5.75 Å². The van der Waals surface area contributed by atoms with E-state index in [2.05, 4.69) is 59.3 Å². The van der Waals surface area contributed by atoms with E-state index in [9.17, 15) is 0 Å². The zero-order chi connectivity index (χ0) is 21.1. The molecule has 0 saturated heterocycles. The quantitative estimate of drug-likeness (QED) is 0.602. The second-order valence-electron chi connectivity index (χ2n) is 7.62. The van der Waals surface area contributed by atoms with Crippen molar-refractivity contribution < 1.29 is 14.2 Å². The van der Waals surface area contributed by atoms with Crippen molar-refractivity contribution in [3.63, 3.8) is 0 Å². The highest BCUT2D eigenvalue weighted by atomic mass is 16.5. The molecule has 5 nitrogen and oxygen atoms in total. The van der Waals surface area contributed by atoms with Gasteiger partial charge in [0, 0.05) is 31.0 Å². The molecular formula is C25H28N2O3. The van der Waals surface area contributed by atoms with Crippen LogP contribution in [0.1, 0.15) is 33.9 Å². The molecule has 1 aliphatic rings. The van der Waals surface area contributed by atoms with Gasteiger partial charge in [0.25, 0.3) is 0 Å². The molecule has 2 aromatic carbocycles. The lowest BCUT2D eigenvalue weighted by Crippen LogP contribution is -2.36. The van der Waals surface area contributed by atoms with E-state index in [0.29, 0.717) is 0 Å². The molecule has 0 bridgehead atoms. The number of fused-ring (bicyclic) bond motifs is 1. The summed E-state index contributed by atoms with van der Waals surface area (Å²) in [6, 6.07) is 14.9. The molecule has 0 fully saturated rings. The molecular weight excluding hydrogens is 376 g/mol. The van der Waals surface area contributed by atoms with Gasteiger partial charge in [0.15, 0.2) is 11.5 Å². The summed E-state index contributed by atoms with van der Waals surface area (Å²) in [4.78, 5) is 6.72. The van der Waals surface area contributed by atoms with Crippen LogP contribution in [0.3, 0.4) is 0 Å². The number of ether oxygens (including phenoxy) is 3. The van der Waals surface area contributed by atoms with Crippen molar-refractivity contribution in [3.05, 3.63) is 82.7 Å². The third-order valence-electron chi connectivity index (χ3n) is 5.80. The summed E-state index contributed by atoms with van der Waals surface area (Å²) in [5.74, 6) is 2.45. The van der Waals surface area contributed by atoms with E-state index in [4.69, 9.17) is 14.2 Å². The molecule has 3 aromatic rings. The second kappa shape index (κ2) is 8.76. The highest BCUT2D eigenvalue weighted by Crippen LogP contribution is 2.41. The van der Waals surface area contributed by atoms with Crippen LogP contribution >= 0.6 is 0 Å². The van der Waals surface area contributed by atoms with Crippen LogP contribution < -0.4 is 14.2 Å². The van der Waals surface area contributed by atoms with Crippen LogP contribution in [-0.4, -0.2) is 37.8 Å². The SMILES string of the molecule is COc1ccc(C)cc1CN1CCc2cc(OC)c(OC)cc2[C@@H]1c1ccncc1. The van der Waals surface area contributed by atoms with Crippen molar-refractivity contribution in [1.82, 2.24) is 9.88 Å². The molecule has 5 heteroatoms. The van der Waals surface area contributed by atoms with Gasteiger partial charge in [-0.05, 0) is 60.4 Å². The smallest absolute Gasteiger partial charge is 0.161 e. The van der Waals surface area contributed by atoms with Crippen molar-refractivity contribution >= 4 is 0 Å². The van der Waals surface area contributed by atoms with Gasteiger partial charge in [0.05, 0.1) is 27.4 Å². The summed E-state index contributed by atoms with van der Waals surface area (Å²) >= 11 is 0. The molecule has 156 valence electrons. The van der Waals surface area contributed by atoms with Crippen LogP contribution in [0.25, 0.3) is 0 Å². The average molecular weight is 405 g/mol. The van der Waals surface area contributed by atoms with Crippen LogP contribution in [0, 0.1) is 6.92 Å². The summed E-state index contributed by atoms with van der Waals surface area (Å²) in [6.07, 6.45) is 4.66. The Hall–Kier alpha value is -3.05. The first-order valence-electron chi connectivity index (χ1n) is 10.2. The monoisotopic (exact) mass is 404 g/mol. The molecule has 30 heavy (non-hydrogen) atoms. The predicted molar refractivity (Wildman–Crippen MR) is 117 cm³/mol. The lowest BCUT2D eigenvalue weighted by Gasteiger charge is -2.38. The lowest BCUT2D eigenvalue weighted by molar-refractivity contribution is 0.201. The number of pyridine rings is 1. The van der Waals surface area contributed by atoms with E-state index in [1.807, 2.05) is 12.4 Å². The molecule has 1 aliphatic heterocycles. The Morgan fingerprint density at radius 2 is 1.60 bits per heavy atom. The molecule has 2 heterocycles. The van der Waals surface area contributed by atoms with E-state index < -0.39 is 0 Å². The summed E-state index contributed by atoms with van der Waals surface area (Å²) < 4.78 is 16.8. The third kappa shape index (κ3) is 3.85. The van der Waals surface area contributed by atoms with Crippen molar-refractivity contribution in [2.75, 3.05) is 27.9 Å². The molecule has 1 aromatic heterocycles. The first kappa shape index (κ1) is 20.2. The van der Waals surface area contributed by atoms with Gasteiger partial charge in [-0.2, -0.15) is 0 Å². The minimum Gasteiger partial charge on any atom is -0.496 e. The van der Waals surface area contributed by atoms with E-state index in [1.165, 1.54) is 27.8 Å². The molecule has 0 N–H and O–H groups in total. The number of nitrogens with zero attached hydrogens (tertiary/aromatic N) is 2. The van der Waals surface area contributed by atoms with Gasteiger partial charge >= 0.3 is 0 Å². The molecule has 1 atom stereocenters. The van der Waals surface area contributed by atoms with Gasteiger partial charge in [-0.25, -0.2) is 0 Å². The second-order valence-corrected chi connectivity index (χ2v) is 7.62. The topological polar surface area (TPSA) is 43.8 Å². The molecule has 0 spiro atoms. The maximum atomic E-state index is 5.65. The van der Waals surface area contributed by atoms with E-state index in [1.54, 1.807) is 21.3 Å². The van der Waals surface area contributed by atoms with E-state index in [-0.39, 0.29) is 6.04 Å². The number of aryl methyl sites for hydroxylation is 1. The van der Waals surface area contributed by atoms with Crippen LogP contribution in [-0.2, 0) is 13.0 Å². The highest BCUT2D eigenvalue weighted by Gasteiger charge is 2.31. The Morgan fingerprint density at radius 3 is 2.30 bits per heavy atom. The Bertz CT molecular complexity index is 1020. The summed E-state index contributed by atoms with van der Waals surface area (Å²) in [5.41, 5.74) is 6.18. The van der Waals surface area contributed by atoms with E-state index in [0.717, 1.165) is 36.8 Å². The van der Waals surface area contributed by atoms with Crippen LogP contribution in [0.15, 0.2) is 54.9 Å². The van der Waals surface area contributed by atoms with Gasteiger partial charge in [-0.1, -0.05) is 17.7 Å². The number of hydrogen-bond acceptors (Lipinski definition) is 5. The maximum absolute atomic E-state index is 5.65. The van der Waals surface area contributed by atoms with Crippen LogP contribution in [0.2, 0.25) is 0 Å². The summed E-state index contributed by atoms with van der Waals surface area (Å²) in [6.45, 7) is 3.85. The van der Waals surface area contributed by atoms with Crippen molar-refractivity contribution in [2.45, 2.75) is 25.9 Å². The number of benzene rings is 2. The average Bonchev–Trinajstić information content (AvgIpc) is 2.78. The molecule has 0 unspecified atom stereocenters. The molecule has 0 aliphatic carbocycles. The van der Waals surface area contributed by atoms with Gasteiger partial charge in [0.2, 0.25) is 0 Å². The highest BCUT2D eigenvalue weighted by molar-refractivity contribution is 5.51. The fraction of sp³-hybridized carbons (Fsp3) is 0.320. The Morgan fingerprint density at radius 1 is 0.900 bits per heavy atom. The number of hydrogen-bond donors (Lipinski definition) is 0. The van der Waals surface area contributed by atoms with Gasteiger partial charge in [-0.3, -0.25) is 9.88 Å². The van der Waals surface area contributed by atoms with Crippen molar-refractivity contribution in [3.8, 4) is 17.2 Å². The zero-order valence-corrected chi connectivity index (χ0v) is 18.0. The van der Waals surface area contributed by atoms with E-state index >= 15 is 0 Å². The third-order valence-corrected chi connectivity index (χ3v) is 5.80. The van der Waals surface area contributed by atoms with Crippen LogP contribution in [0.4, 0.5) is 0 Å². The maximum Gasteiger partial charge on any atom is 0.161 e. The first-order chi connectivity index (χ1) is 14.6. The molecule has 0 radical (unpaired) electrons. The van der Waals surface area contributed by atoms with Crippen molar-refractivity contribution in [1.29, 1.82) is 0 Å². The Balaban J connectivity index is 1.80. The number of aromatic nitrogens is 1. The predicted octanol–water partition coefficient (Wildman–Crippen LogP) is 4.56. The Kier molecular flexibility index (Phi) is 5.91. The normalized spacial score (nSPS) is 16.1. The first-order valence-corrected chi connectivity index (χ1v) is 10.2. The minimum absolute atomic E-state index is 0.0989. The largest absolute Gasteiger partial charge is 0.496 e. The fourth-order valence-electron chi connectivity index (χ4n) is 4.35. The number of rotatable bonds is 6. The Labute approximate surface area is 178 Å². The van der Waals surface area contributed by atoms with Crippen molar-refractivity contribution in [2.24, 2.45) is 0 Å². The van der Waals surface area contributed by atoms with Gasteiger partial charge in [-0.15, -0.1) is 0 Å². The fourth-order valence-corrected chi connectivity index (χ4v) is 4.35. The minimum atomic E-state index is 0.0989. The standard InChI is InChI=1S/C25H28N2O3/c1-17-5-6-22(28-2)20(13-17)16-27-12-9-19-14-23(29-3)24(30-4)15-21(19)25(27)18-7-10-26-11-8-18/h5-8,10-11,13-15,25H,9,12,16H2,1-4H3/t25-/m0/s1. The molecule has 4 rings (SSSR count). The molecule has 0 saturated carbocycles. The summed E-state index contributed by atoms with van der Waals surface area (Å²) in [5, 5.41) is 0. The van der Waals surface area contributed by atoms with Gasteiger partial charge < -0.3 is 14.2 Å². The number of methoxy groups -OCH3 is 3. The zero-order valence-electron chi connectivity index (χ0n) is 18.0. The van der Waals surface area contributed by atoms with Crippen LogP contribution in [0.5, 0.6) is 17.2 Å².